The van der Waals surface area contributed by atoms with Gasteiger partial charge in [-0.2, -0.15) is 0 Å². The summed E-state index contributed by atoms with van der Waals surface area (Å²) in [5.41, 5.74) is 8.65. The van der Waals surface area contributed by atoms with E-state index in [0.717, 1.165) is 16.8 Å². The Kier molecular flexibility index (Phi) is 2.65. The Morgan fingerprint density at radius 3 is 2.58 bits per heavy atom. The highest BCUT2D eigenvalue weighted by molar-refractivity contribution is 7.80. The maximum absolute atomic E-state index is 5.52. The van der Waals surface area contributed by atoms with Crippen molar-refractivity contribution in [2.45, 2.75) is 6.92 Å². The van der Waals surface area contributed by atoms with Crippen molar-refractivity contribution in [2.75, 3.05) is 12.4 Å². The van der Waals surface area contributed by atoms with E-state index >= 15 is 0 Å². The Morgan fingerprint density at radius 1 is 1.50 bits per heavy atom. The quantitative estimate of drug-likeness (QED) is 0.680. The van der Waals surface area contributed by atoms with Crippen LogP contribution in [-0.4, -0.2) is 12.0 Å². The lowest BCUT2D eigenvalue weighted by atomic mass is 10.1. The fraction of sp³-hybridized carbons (Fsp3) is 0.222. The van der Waals surface area contributed by atoms with Gasteiger partial charge in [0.1, 0.15) is 4.99 Å². The first-order valence-corrected chi connectivity index (χ1v) is 4.14. The van der Waals surface area contributed by atoms with Crippen LogP contribution in [-0.2, 0) is 0 Å². The van der Waals surface area contributed by atoms with Crippen LogP contribution in [0.3, 0.4) is 0 Å². The molecule has 0 aliphatic carbocycles. The van der Waals surface area contributed by atoms with Gasteiger partial charge in [-0.25, -0.2) is 0 Å². The molecule has 0 aliphatic rings. The molecule has 0 atom stereocenters. The highest BCUT2D eigenvalue weighted by atomic mass is 32.1. The third-order valence-corrected chi connectivity index (χ3v) is 2.00. The molecule has 0 amide bonds. The summed E-state index contributed by atoms with van der Waals surface area (Å²) < 4.78 is 0. The van der Waals surface area contributed by atoms with Crippen molar-refractivity contribution < 1.29 is 0 Å². The molecule has 64 valence electrons. The molecule has 0 fully saturated rings. The van der Waals surface area contributed by atoms with Crippen LogP contribution in [0.4, 0.5) is 5.69 Å². The monoisotopic (exact) mass is 180 g/mol. The third-order valence-electron chi connectivity index (χ3n) is 1.78. The van der Waals surface area contributed by atoms with Gasteiger partial charge in [-0.3, -0.25) is 0 Å². The van der Waals surface area contributed by atoms with Crippen molar-refractivity contribution in [1.29, 1.82) is 0 Å². The number of rotatable bonds is 2. The summed E-state index contributed by atoms with van der Waals surface area (Å²) >= 11 is 4.89. The molecule has 0 spiro atoms. The Labute approximate surface area is 77.8 Å². The summed E-state index contributed by atoms with van der Waals surface area (Å²) in [6.07, 6.45) is 0. The summed E-state index contributed by atoms with van der Waals surface area (Å²) in [7, 11) is 1.88. The SMILES string of the molecule is CNc1ccc(C(N)=S)c(C)c1. The number of thiocarbonyl (C=S) groups is 1. The van der Waals surface area contributed by atoms with Gasteiger partial charge in [-0.15, -0.1) is 0 Å². The average Bonchev–Trinajstić information content (AvgIpc) is 2.03. The lowest BCUT2D eigenvalue weighted by Crippen LogP contribution is -2.11. The van der Waals surface area contributed by atoms with E-state index in [1.807, 2.05) is 32.2 Å². The molecule has 0 heterocycles. The van der Waals surface area contributed by atoms with Crippen LogP contribution in [0.15, 0.2) is 18.2 Å². The van der Waals surface area contributed by atoms with Gasteiger partial charge in [0.05, 0.1) is 0 Å². The van der Waals surface area contributed by atoms with Gasteiger partial charge in [0, 0.05) is 18.3 Å². The summed E-state index contributed by atoms with van der Waals surface area (Å²) in [5, 5.41) is 3.05. The van der Waals surface area contributed by atoms with Crippen LogP contribution >= 0.6 is 12.2 Å². The number of benzene rings is 1. The van der Waals surface area contributed by atoms with Crippen molar-refractivity contribution in [3.63, 3.8) is 0 Å². The molecule has 0 saturated carbocycles. The van der Waals surface area contributed by atoms with Crippen LogP contribution in [0, 0.1) is 6.92 Å². The van der Waals surface area contributed by atoms with E-state index < -0.39 is 0 Å². The first kappa shape index (κ1) is 9.00. The van der Waals surface area contributed by atoms with Gasteiger partial charge >= 0.3 is 0 Å². The van der Waals surface area contributed by atoms with E-state index in [4.69, 9.17) is 18.0 Å². The fourth-order valence-corrected chi connectivity index (χ4v) is 1.32. The molecule has 0 unspecified atom stereocenters. The van der Waals surface area contributed by atoms with Gasteiger partial charge < -0.3 is 11.1 Å². The highest BCUT2D eigenvalue weighted by Crippen LogP contribution is 2.14. The number of nitrogens with one attached hydrogen (secondary N) is 1. The number of hydrogen-bond acceptors (Lipinski definition) is 2. The second-order valence-electron chi connectivity index (χ2n) is 2.64. The second-order valence-corrected chi connectivity index (χ2v) is 3.08. The summed E-state index contributed by atoms with van der Waals surface area (Å²) in [4.78, 5) is 0.454. The highest BCUT2D eigenvalue weighted by Gasteiger charge is 2.00. The molecular weight excluding hydrogens is 168 g/mol. The van der Waals surface area contributed by atoms with E-state index in [1.54, 1.807) is 0 Å². The van der Waals surface area contributed by atoms with E-state index in [-0.39, 0.29) is 0 Å². The molecule has 0 aromatic heterocycles. The fourth-order valence-electron chi connectivity index (χ4n) is 1.10. The molecule has 1 rings (SSSR count). The molecule has 0 radical (unpaired) electrons. The number of aryl methyl sites for hydroxylation is 1. The second kappa shape index (κ2) is 3.54. The molecule has 12 heavy (non-hydrogen) atoms. The minimum atomic E-state index is 0.454. The average molecular weight is 180 g/mol. The molecule has 1 aromatic rings. The van der Waals surface area contributed by atoms with E-state index in [1.165, 1.54) is 0 Å². The molecule has 0 saturated heterocycles. The minimum absolute atomic E-state index is 0.454. The summed E-state index contributed by atoms with van der Waals surface area (Å²) in [6.45, 7) is 2.00. The van der Waals surface area contributed by atoms with Gasteiger partial charge in [-0.1, -0.05) is 12.2 Å². The van der Waals surface area contributed by atoms with Crippen molar-refractivity contribution in [3.05, 3.63) is 29.3 Å². The number of anilines is 1. The van der Waals surface area contributed by atoms with Gasteiger partial charge in [0.2, 0.25) is 0 Å². The Bertz CT molecular complexity index is 307. The maximum atomic E-state index is 5.52. The van der Waals surface area contributed by atoms with E-state index in [9.17, 15) is 0 Å². The van der Waals surface area contributed by atoms with Crippen molar-refractivity contribution in [1.82, 2.24) is 0 Å². The first-order valence-electron chi connectivity index (χ1n) is 3.73. The van der Waals surface area contributed by atoms with Crippen molar-refractivity contribution >= 4 is 22.9 Å². The predicted molar refractivity (Wildman–Crippen MR) is 56.6 cm³/mol. The first-order chi connectivity index (χ1) is 5.65. The molecule has 2 nitrogen and oxygen atoms in total. The van der Waals surface area contributed by atoms with Crippen molar-refractivity contribution in [2.24, 2.45) is 5.73 Å². The van der Waals surface area contributed by atoms with E-state index in [0.29, 0.717) is 4.99 Å². The molecular formula is C9H12N2S. The van der Waals surface area contributed by atoms with Crippen LogP contribution in [0.1, 0.15) is 11.1 Å². The van der Waals surface area contributed by atoms with Gasteiger partial charge in [0.15, 0.2) is 0 Å². The molecule has 0 bridgehead atoms. The number of nitrogens with two attached hydrogens (primary N) is 1. The zero-order valence-electron chi connectivity index (χ0n) is 7.22. The molecule has 1 aromatic carbocycles. The number of hydrogen-bond donors (Lipinski definition) is 2. The predicted octanol–water partition coefficient (Wildman–Crippen LogP) is 1.67. The zero-order chi connectivity index (χ0) is 9.14. The lowest BCUT2D eigenvalue weighted by molar-refractivity contribution is 1.41. The smallest absolute Gasteiger partial charge is 0.104 e. The normalized spacial score (nSPS) is 9.50. The van der Waals surface area contributed by atoms with Crippen LogP contribution in [0.2, 0.25) is 0 Å². The zero-order valence-corrected chi connectivity index (χ0v) is 8.03. The van der Waals surface area contributed by atoms with Crippen LogP contribution < -0.4 is 11.1 Å². The molecule has 0 aliphatic heterocycles. The van der Waals surface area contributed by atoms with Crippen LogP contribution in [0.25, 0.3) is 0 Å². The molecule has 3 N–H and O–H groups in total. The Balaban J connectivity index is 3.12. The molecule has 3 heteroatoms. The lowest BCUT2D eigenvalue weighted by Gasteiger charge is -2.06. The largest absolute Gasteiger partial charge is 0.389 e. The van der Waals surface area contributed by atoms with E-state index in [2.05, 4.69) is 5.32 Å². The minimum Gasteiger partial charge on any atom is -0.389 e. The summed E-state index contributed by atoms with van der Waals surface area (Å²) in [6, 6.07) is 5.92. The third kappa shape index (κ3) is 1.74. The topological polar surface area (TPSA) is 38.0 Å². The van der Waals surface area contributed by atoms with Crippen LogP contribution in [0.5, 0.6) is 0 Å². The maximum Gasteiger partial charge on any atom is 0.104 e. The van der Waals surface area contributed by atoms with Gasteiger partial charge in [0.25, 0.3) is 0 Å². The summed E-state index contributed by atoms with van der Waals surface area (Å²) in [5.74, 6) is 0. The standard InChI is InChI=1S/C9H12N2S/c1-6-5-7(11-2)3-4-8(6)9(10)12/h3-5,11H,1-2H3,(H2,10,12). The van der Waals surface area contributed by atoms with Crippen molar-refractivity contribution in [3.8, 4) is 0 Å². The van der Waals surface area contributed by atoms with Gasteiger partial charge in [-0.05, 0) is 30.7 Å². The Hall–Kier alpha value is -1.09. The Morgan fingerprint density at radius 2 is 2.17 bits per heavy atom.